The van der Waals surface area contributed by atoms with Crippen LogP contribution < -0.4 is 5.32 Å². The Morgan fingerprint density at radius 2 is 2.09 bits per heavy atom. The average Bonchev–Trinajstić information content (AvgIpc) is 3.13. The smallest absolute Gasteiger partial charge is 0.267 e. The van der Waals surface area contributed by atoms with E-state index in [4.69, 9.17) is 4.42 Å². The van der Waals surface area contributed by atoms with Crippen LogP contribution in [0.5, 0.6) is 0 Å². The fourth-order valence-electron chi connectivity index (χ4n) is 2.55. The van der Waals surface area contributed by atoms with E-state index in [0.717, 1.165) is 11.1 Å². The molecule has 3 rings (SSSR count). The molecule has 1 aromatic carbocycles. The number of carbonyl (C=O) groups is 1. The number of aromatic nitrogens is 1. The third-order valence-corrected chi connectivity index (χ3v) is 3.74. The number of benzene rings is 1. The zero-order valence-corrected chi connectivity index (χ0v) is 12.1. The van der Waals surface area contributed by atoms with E-state index in [1.807, 2.05) is 30.3 Å². The van der Waals surface area contributed by atoms with Gasteiger partial charge in [-0.2, -0.15) is 0 Å². The molecule has 0 radical (unpaired) electrons. The van der Waals surface area contributed by atoms with Crippen molar-refractivity contribution in [2.24, 2.45) is 0 Å². The van der Waals surface area contributed by atoms with Gasteiger partial charge in [-0.15, -0.1) is 0 Å². The lowest BCUT2D eigenvalue weighted by atomic mass is 9.96. The van der Waals surface area contributed by atoms with Crippen molar-refractivity contribution in [1.82, 2.24) is 10.3 Å². The van der Waals surface area contributed by atoms with Gasteiger partial charge in [0, 0.05) is 31.2 Å². The number of aliphatic hydroxyl groups is 1. The molecule has 114 valence electrons. The van der Waals surface area contributed by atoms with Crippen molar-refractivity contribution in [1.29, 1.82) is 0 Å². The summed E-state index contributed by atoms with van der Waals surface area (Å²) in [5.41, 5.74) is 3.06. The molecule has 0 saturated heterocycles. The van der Waals surface area contributed by atoms with E-state index in [9.17, 15) is 9.90 Å². The highest BCUT2D eigenvalue weighted by atomic mass is 16.3. The fraction of sp³-hybridized carbons (Fsp3) is 0.235. The number of H-pyrrole nitrogens is 1. The van der Waals surface area contributed by atoms with Crippen molar-refractivity contribution in [3.63, 3.8) is 0 Å². The van der Waals surface area contributed by atoms with Crippen molar-refractivity contribution in [3.05, 3.63) is 60.0 Å². The molecular formula is C17H18N2O3. The van der Waals surface area contributed by atoms with Crippen LogP contribution in [0.1, 0.15) is 28.4 Å². The van der Waals surface area contributed by atoms with Gasteiger partial charge in [-0.3, -0.25) is 4.79 Å². The van der Waals surface area contributed by atoms with Gasteiger partial charge in [-0.25, -0.2) is 0 Å². The molecule has 3 N–H and O–H groups in total. The van der Waals surface area contributed by atoms with Crippen LogP contribution >= 0.6 is 0 Å². The number of amides is 1. The molecule has 0 fully saturated rings. The van der Waals surface area contributed by atoms with Gasteiger partial charge in [0.25, 0.3) is 5.91 Å². The van der Waals surface area contributed by atoms with E-state index < -0.39 is 0 Å². The fourth-order valence-corrected chi connectivity index (χ4v) is 2.55. The lowest BCUT2D eigenvalue weighted by molar-refractivity contribution is 0.0945. The minimum Gasteiger partial charge on any atom is -0.463 e. The van der Waals surface area contributed by atoms with Gasteiger partial charge in [-0.05, 0) is 12.0 Å². The molecule has 1 unspecified atom stereocenters. The Hall–Kier alpha value is -2.53. The normalized spacial score (nSPS) is 12.4. The summed E-state index contributed by atoms with van der Waals surface area (Å²) < 4.78 is 5.24. The molecule has 2 aromatic heterocycles. The van der Waals surface area contributed by atoms with E-state index in [2.05, 4.69) is 10.3 Å². The second-order valence-corrected chi connectivity index (χ2v) is 5.21. The van der Waals surface area contributed by atoms with Gasteiger partial charge < -0.3 is 19.8 Å². The quantitative estimate of drug-likeness (QED) is 0.654. The van der Waals surface area contributed by atoms with E-state index in [1.165, 1.54) is 0 Å². The number of hydrogen-bond acceptors (Lipinski definition) is 3. The Balaban J connectivity index is 1.66. The lowest BCUT2D eigenvalue weighted by Gasteiger charge is -2.16. The number of fused-ring (bicyclic) bond motifs is 1. The van der Waals surface area contributed by atoms with Crippen LogP contribution in [0.4, 0.5) is 0 Å². The van der Waals surface area contributed by atoms with Crippen molar-refractivity contribution in [2.45, 2.75) is 12.3 Å². The second-order valence-electron chi connectivity index (χ2n) is 5.21. The maximum absolute atomic E-state index is 12.2. The van der Waals surface area contributed by atoms with Crippen LogP contribution in [0.25, 0.3) is 11.1 Å². The summed E-state index contributed by atoms with van der Waals surface area (Å²) in [6.45, 7) is 0.564. The molecule has 0 aliphatic heterocycles. The maximum Gasteiger partial charge on any atom is 0.267 e. The summed E-state index contributed by atoms with van der Waals surface area (Å²) in [7, 11) is 0. The van der Waals surface area contributed by atoms with E-state index in [-0.39, 0.29) is 18.4 Å². The van der Waals surface area contributed by atoms with Gasteiger partial charge in [0.15, 0.2) is 5.58 Å². The van der Waals surface area contributed by atoms with Crippen LogP contribution in [0.15, 0.2) is 53.1 Å². The minimum absolute atomic E-state index is 0.0882. The van der Waals surface area contributed by atoms with E-state index >= 15 is 0 Å². The first kappa shape index (κ1) is 14.4. The van der Waals surface area contributed by atoms with Crippen LogP contribution in [0.3, 0.4) is 0 Å². The highest BCUT2D eigenvalue weighted by Gasteiger charge is 2.15. The standard InChI is InChI=1S/C17H18N2O3/c20-8-6-13(12-4-2-1-3-5-12)11-18-17(21)15-10-16-14(19-15)7-9-22-16/h1-5,7,9-10,13,19-20H,6,8,11H2,(H,18,21). The third kappa shape index (κ3) is 3.04. The number of furan rings is 1. The highest BCUT2D eigenvalue weighted by molar-refractivity contribution is 5.96. The number of carbonyl (C=O) groups excluding carboxylic acids is 1. The number of hydrogen-bond donors (Lipinski definition) is 3. The number of aliphatic hydroxyl groups excluding tert-OH is 1. The average molecular weight is 298 g/mol. The molecule has 5 nitrogen and oxygen atoms in total. The molecule has 22 heavy (non-hydrogen) atoms. The topological polar surface area (TPSA) is 78.3 Å². The number of aromatic amines is 1. The number of rotatable bonds is 6. The molecule has 0 spiro atoms. The largest absolute Gasteiger partial charge is 0.463 e. The summed E-state index contributed by atoms with van der Waals surface area (Å²) in [6.07, 6.45) is 2.19. The molecule has 3 aromatic rings. The van der Waals surface area contributed by atoms with Crippen LogP contribution in [0, 0.1) is 0 Å². The van der Waals surface area contributed by atoms with E-state index in [0.29, 0.717) is 24.2 Å². The minimum atomic E-state index is -0.176. The highest BCUT2D eigenvalue weighted by Crippen LogP contribution is 2.19. The second kappa shape index (κ2) is 6.49. The Labute approximate surface area is 128 Å². The molecule has 1 amide bonds. The summed E-state index contributed by atoms with van der Waals surface area (Å²) in [5, 5.41) is 12.1. The van der Waals surface area contributed by atoms with Crippen molar-refractivity contribution in [2.75, 3.05) is 13.2 Å². The van der Waals surface area contributed by atoms with Gasteiger partial charge in [0.1, 0.15) is 5.69 Å². The lowest BCUT2D eigenvalue weighted by Crippen LogP contribution is -2.29. The van der Waals surface area contributed by atoms with Crippen LogP contribution in [0.2, 0.25) is 0 Å². The van der Waals surface area contributed by atoms with Crippen LogP contribution in [-0.2, 0) is 0 Å². The molecule has 0 aliphatic rings. The van der Waals surface area contributed by atoms with E-state index in [1.54, 1.807) is 18.4 Å². The third-order valence-electron chi connectivity index (χ3n) is 3.74. The van der Waals surface area contributed by atoms with Gasteiger partial charge in [0.05, 0.1) is 11.8 Å². The first-order valence-electron chi connectivity index (χ1n) is 7.28. The molecule has 2 heterocycles. The monoisotopic (exact) mass is 298 g/mol. The van der Waals surface area contributed by atoms with Gasteiger partial charge in [0.2, 0.25) is 0 Å². The SMILES string of the molecule is O=C(NCC(CCO)c1ccccc1)c1cc2occc2[nH]1. The number of nitrogens with one attached hydrogen (secondary N) is 2. The molecule has 0 bridgehead atoms. The maximum atomic E-state index is 12.2. The Kier molecular flexibility index (Phi) is 4.25. The van der Waals surface area contributed by atoms with Crippen LogP contribution in [-0.4, -0.2) is 29.1 Å². The summed E-state index contributed by atoms with van der Waals surface area (Å²) in [5.74, 6) is -0.0848. The molecular weight excluding hydrogens is 280 g/mol. The zero-order valence-electron chi connectivity index (χ0n) is 12.1. The Bertz CT molecular complexity index is 717. The zero-order chi connectivity index (χ0) is 15.4. The van der Waals surface area contributed by atoms with Crippen molar-refractivity contribution in [3.8, 4) is 0 Å². The predicted octanol–water partition coefficient (Wildman–Crippen LogP) is 2.66. The Morgan fingerprint density at radius 3 is 2.82 bits per heavy atom. The molecule has 0 saturated carbocycles. The molecule has 1 atom stereocenters. The summed E-state index contributed by atoms with van der Waals surface area (Å²) in [4.78, 5) is 15.2. The van der Waals surface area contributed by atoms with Crippen molar-refractivity contribution >= 4 is 17.0 Å². The first-order valence-corrected chi connectivity index (χ1v) is 7.28. The van der Waals surface area contributed by atoms with Crippen molar-refractivity contribution < 1.29 is 14.3 Å². The van der Waals surface area contributed by atoms with Gasteiger partial charge >= 0.3 is 0 Å². The first-order chi connectivity index (χ1) is 10.8. The summed E-state index contributed by atoms with van der Waals surface area (Å²) in [6, 6.07) is 13.4. The molecule has 0 aliphatic carbocycles. The van der Waals surface area contributed by atoms with Gasteiger partial charge in [-0.1, -0.05) is 30.3 Å². The Morgan fingerprint density at radius 1 is 1.27 bits per heavy atom. The molecule has 5 heteroatoms. The predicted molar refractivity (Wildman–Crippen MR) is 83.8 cm³/mol. The summed E-state index contributed by atoms with van der Waals surface area (Å²) >= 11 is 0.